The average Bonchev–Trinajstić information content (AvgIpc) is 2.37. The van der Waals surface area contributed by atoms with Crippen molar-refractivity contribution in [3.05, 3.63) is 34.4 Å². The zero-order valence-electron chi connectivity index (χ0n) is 9.68. The van der Waals surface area contributed by atoms with Crippen LogP contribution in [-0.2, 0) is 10.2 Å². The Morgan fingerprint density at radius 2 is 1.83 bits per heavy atom. The molecule has 0 heterocycles. The van der Waals surface area contributed by atoms with E-state index in [9.17, 15) is 18.7 Å². The SMILES string of the molecule is O=C(O)C1(c2ccc(F)c(Cl)c2F)CCCCC1. The molecule has 1 aromatic carbocycles. The summed E-state index contributed by atoms with van der Waals surface area (Å²) in [6.45, 7) is 0. The minimum atomic E-state index is -1.26. The number of hydrogen-bond acceptors (Lipinski definition) is 1. The lowest BCUT2D eigenvalue weighted by atomic mass is 9.69. The third-order valence-corrected chi connectivity index (χ3v) is 4.01. The summed E-state index contributed by atoms with van der Waals surface area (Å²) in [6.07, 6.45) is 3.11. The van der Waals surface area contributed by atoms with Crippen LogP contribution in [0.2, 0.25) is 5.02 Å². The molecule has 0 amide bonds. The van der Waals surface area contributed by atoms with Gasteiger partial charge in [0.25, 0.3) is 0 Å². The molecule has 2 nitrogen and oxygen atoms in total. The molecule has 0 aromatic heterocycles. The second-order valence-corrected chi connectivity index (χ2v) is 5.05. The van der Waals surface area contributed by atoms with Crippen LogP contribution in [0.4, 0.5) is 8.78 Å². The first-order valence-electron chi connectivity index (χ1n) is 5.86. The van der Waals surface area contributed by atoms with Crippen LogP contribution in [0.5, 0.6) is 0 Å². The number of carboxylic acids is 1. The van der Waals surface area contributed by atoms with Gasteiger partial charge in [0, 0.05) is 5.56 Å². The Kier molecular flexibility index (Phi) is 3.57. The Bertz CT molecular complexity index is 482. The van der Waals surface area contributed by atoms with E-state index in [1.165, 1.54) is 6.07 Å². The van der Waals surface area contributed by atoms with Gasteiger partial charge in [-0.25, -0.2) is 8.78 Å². The number of carbonyl (C=O) groups is 1. The second kappa shape index (κ2) is 4.84. The molecule has 0 unspecified atom stereocenters. The molecule has 1 N–H and O–H groups in total. The minimum Gasteiger partial charge on any atom is -0.481 e. The molecule has 1 fully saturated rings. The van der Waals surface area contributed by atoms with E-state index >= 15 is 0 Å². The first kappa shape index (κ1) is 13.3. The van der Waals surface area contributed by atoms with Crippen LogP contribution in [0.15, 0.2) is 12.1 Å². The van der Waals surface area contributed by atoms with E-state index < -0.39 is 28.0 Å². The van der Waals surface area contributed by atoms with Gasteiger partial charge >= 0.3 is 5.97 Å². The van der Waals surface area contributed by atoms with Crippen LogP contribution in [0.3, 0.4) is 0 Å². The van der Waals surface area contributed by atoms with Gasteiger partial charge in [-0.3, -0.25) is 4.79 Å². The van der Waals surface area contributed by atoms with Gasteiger partial charge in [-0.2, -0.15) is 0 Å². The number of carboxylic acid groups (broad SMARTS) is 1. The number of benzene rings is 1. The number of halogens is 3. The fourth-order valence-corrected chi connectivity index (χ4v) is 2.81. The van der Waals surface area contributed by atoms with Crippen LogP contribution in [0, 0.1) is 11.6 Å². The van der Waals surface area contributed by atoms with Gasteiger partial charge < -0.3 is 5.11 Å². The van der Waals surface area contributed by atoms with Crippen molar-refractivity contribution in [2.45, 2.75) is 37.5 Å². The van der Waals surface area contributed by atoms with E-state index in [1.807, 2.05) is 0 Å². The molecular weight excluding hydrogens is 262 g/mol. The van der Waals surface area contributed by atoms with Gasteiger partial charge in [0.05, 0.1) is 5.41 Å². The fraction of sp³-hybridized carbons (Fsp3) is 0.462. The minimum absolute atomic E-state index is 0.00102. The van der Waals surface area contributed by atoms with E-state index in [0.717, 1.165) is 25.3 Å². The van der Waals surface area contributed by atoms with Gasteiger partial charge in [0.1, 0.15) is 16.7 Å². The van der Waals surface area contributed by atoms with Crippen LogP contribution >= 0.6 is 11.6 Å². The summed E-state index contributed by atoms with van der Waals surface area (Å²) in [4.78, 5) is 11.5. The highest BCUT2D eigenvalue weighted by Gasteiger charge is 2.43. The molecule has 0 atom stereocenters. The monoisotopic (exact) mass is 274 g/mol. The molecule has 1 aliphatic rings. The molecule has 0 radical (unpaired) electrons. The summed E-state index contributed by atoms with van der Waals surface area (Å²) < 4.78 is 27.2. The van der Waals surface area contributed by atoms with E-state index in [-0.39, 0.29) is 5.56 Å². The molecule has 5 heteroatoms. The largest absolute Gasteiger partial charge is 0.481 e. The highest BCUT2D eigenvalue weighted by atomic mass is 35.5. The van der Waals surface area contributed by atoms with Gasteiger partial charge in [0.2, 0.25) is 0 Å². The van der Waals surface area contributed by atoms with E-state index in [4.69, 9.17) is 11.6 Å². The topological polar surface area (TPSA) is 37.3 Å². The van der Waals surface area contributed by atoms with Crippen molar-refractivity contribution in [3.63, 3.8) is 0 Å². The predicted molar refractivity (Wildman–Crippen MR) is 63.8 cm³/mol. The number of hydrogen-bond donors (Lipinski definition) is 1. The lowest BCUT2D eigenvalue weighted by Gasteiger charge is -2.34. The Balaban J connectivity index is 2.56. The average molecular weight is 275 g/mol. The van der Waals surface area contributed by atoms with Gasteiger partial charge in [-0.15, -0.1) is 0 Å². The Morgan fingerprint density at radius 1 is 1.22 bits per heavy atom. The molecule has 1 aliphatic carbocycles. The van der Waals surface area contributed by atoms with Crippen molar-refractivity contribution < 1.29 is 18.7 Å². The molecule has 0 spiro atoms. The Hall–Kier alpha value is -1.16. The van der Waals surface area contributed by atoms with E-state index in [0.29, 0.717) is 12.8 Å². The molecule has 0 bridgehead atoms. The second-order valence-electron chi connectivity index (χ2n) is 4.67. The summed E-state index contributed by atoms with van der Waals surface area (Å²) in [7, 11) is 0. The molecule has 0 aliphatic heterocycles. The quantitative estimate of drug-likeness (QED) is 0.831. The highest BCUT2D eigenvalue weighted by Crippen LogP contribution is 2.42. The number of aliphatic carboxylic acids is 1. The van der Waals surface area contributed by atoms with E-state index in [2.05, 4.69) is 0 Å². The molecule has 2 rings (SSSR count). The van der Waals surface area contributed by atoms with Gasteiger partial charge in [0.15, 0.2) is 0 Å². The molecule has 1 saturated carbocycles. The molecular formula is C13H13ClF2O2. The molecule has 18 heavy (non-hydrogen) atoms. The van der Waals surface area contributed by atoms with Crippen molar-refractivity contribution in [2.75, 3.05) is 0 Å². The van der Waals surface area contributed by atoms with Crippen molar-refractivity contribution in [3.8, 4) is 0 Å². The van der Waals surface area contributed by atoms with Crippen molar-refractivity contribution in [2.24, 2.45) is 0 Å². The van der Waals surface area contributed by atoms with Gasteiger partial charge in [-0.05, 0) is 18.9 Å². The first-order valence-corrected chi connectivity index (χ1v) is 6.24. The zero-order valence-corrected chi connectivity index (χ0v) is 10.4. The lowest BCUT2D eigenvalue weighted by molar-refractivity contribution is -0.145. The van der Waals surface area contributed by atoms with Gasteiger partial charge in [-0.1, -0.05) is 36.9 Å². The zero-order chi connectivity index (χ0) is 13.3. The summed E-state index contributed by atoms with van der Waals surface area (Å²) in [6, 6.07) is 2.23. The van der Waals surface area contributed by atoms with Crippen LogP contribution < -0.4 is 0 Å². The predicted octanol–water partition coefficient (Wildman–Crippen LogP) is 3.90. The molecule has 0 saturated heterocycles. The summed E-state index contributed by atoms with van der Waals surface area (Å²) in [5.41, 5.74) is -1.26. The molecule has 1 aromatic rings. The maximum absolute atomic E-state index is 14.0. The smallest absolute Gasteiger partial charge is 0.314 e. The lowest BCUT2D eigenvalue weighted by Crippen LogP contribution is -2.38. The Labute approximate surface area is 109 Å². The van der Waals surface area contributed by atoms with Crippen LogP contribution in [0.25, 0.3) is 0 Å². The van der Waals surface area contributed by atoms with Crippen molar-refractivity contribution in [1.82, 2.24) is 0 Å². The third-order valence-electron chi connectivity index (χ3n) is 3.67. The third kappa shape index (κ3) is 1.99. The standard InChI is InChI=1S/C13H13ClF2O2/c14-10-9(15)5-4-8(11(10)16)13(12(17)18)6-2-1-3-7-13/h4-5H,1-3,6-7H2,(H,17,18). The maximum Gasteiger partial charge on any atom is 0.314 e. The summed E-state index contributed by atoms with van der Waals surface area (Å²) >= 11 is 5.53. The highest BCUT2D eigenvalue weighted by molar-refractivity contribution is 6.31. The van der Waals surface area contributed by atoms with E-state index in [1.54, 1.807) is 0 Å². The fourth-order valence-electron chi connectivity index (χ4n) is 2.65. The normalized spacial score (nSPS) is 18.6. The van der Waals surface area contributed by atoms with Crippen LogP contribution in [-0.4, -0.2) is 11.1 Å². The maximum atomic E-state index is 14.0. The Morgan fingerprint density at radius 3 is 2.39 bits per heavy atom. The number of rotatable bonds is 2. The summed E-state index contributed by atoms with van der Waals surface area (Å²) in [5.74, 6) is -2.88. The van der Waals surface area contributed by atoms with Crippen molar-refractivity contribution >= 4 is 17.6 Å². The van der Waals surface area contributed by atoms with Crippen LogP contribution in [0.1, 0.15) is 37.7 Å². The van der Waals surface area contributed by atoms with Crippen molar-refractivity contribution in [1.29, 1.82) is 0 Å². The molecule has 98 valence electrons. The summed E-state index contributed by atoms with van der Waals surface area (Å²) in [5, 5.41) is 8.80. The first-order chi connectivity index (χ1) is 8.49.